The standard InChI is InChI=1S/C22H26F3N5S/c1-14(2)21-13-30(8-7-29(21)12-15-5-3-4-6-17(15)23)20-10-18(24)16(9-19(20)25)11-27-28-22(26)31/h3-6,9-11,14,21H,7-8,12-13H2,1-2H3,(H3,26,28,31)/b27-11+/t21-/m1/s1. The Morgan fingerprint density at radius 2 is 1.94 bits per heavy atom. The summed E-state index contributed by atoms with van der Waals surface area (Å²) in [6.45, 7) is 6.26. The molecule has 5 nitrogen and oxygen atoms in total. The van der Waals surface area contributed by atoms with E-state index in [1.807, 2.05) is 11.0 Å². The average Bonchev–Trinajstić information content (AvgIpc) is 2.72. The number of hydrogen-bond donors (Lipinski definition) is 2. The Bertz CT molecular complexity index is 966. The van der Waals surface area contributed by atoms with Crippen LogP contribution >= 0.6 is 12.2 Å². The third kappa shape index (κ3) is 5.74. The van der Waals surface area contributed by atoms with Crippen molar-refractivity contribution in [3.8, 4) is 0 Å². The Labute approximate surface area is 185 Å². The number of thiocarbonyl (C=S) groups is 1. The van der Waals surface area contributed by atoms with E-state index in [2.05, 4.69) is 41.5 Å². The van der Waals surface area contributed by atoms with Crippen molar-refractivity contribution >= 4 is 29.2 Å². The largest absolute Gasteiger partial charge is 0.375 e. The minimum absolute atomic E-state index is 0.0106. The minimum Gasteiger partial charge on any atom is -0.375 e. The molecule has 9 heteroatoms. The number of benzene rings is 2. The van der Waals surface area contributed by atoms with Gasteiger partial charge in [-0.05, 0) is 30.3 Å². The number of anilines is 1. The topological polar surface area (TPSA) is 56.9 Å². The zero-order valence-electron chi connectivity index (χ0n) is 17.5. The van der Waals surface area contributed by atoms with Crippen molar-refractivity contribution in [3.05, 3.63) is 65.0 Å². The zero-order valence-corrected chi connectivity index (χ0v) is 18.3. The van der Waals surface area contributed by atoms with Gasteiger partial charge >= 0.3 is 0 Å². The first-order valence-electron chi connectivity index (χ1n) is 10.1. The fourth-order valence-electron chi connectivity index (χ4n) is 3.80. The van der Waals surface area contributed by atoms with Crippen LogP contribution in [0.1, 0.15) is 25.0 Å². The number of nitrogens with two attached hydrogens (primary N) is 1. The molecule has 0 radical (unpaired) electrons. The quantitative estimate of drug-likeness (QED) is 0.401. The number of piperazine rings is 1. The lowest BCUT2D eigenvalue weighted by Gasteiger charge is -2.44. The highest BCUT2D eigenvalue weighted by molar-refractivity contribution is 7.80. The van der Waals surface area contributed by atoms with Crippen molar-refractivity contribution in [2.45, 2.75) is 26.4 Å². The summed E-state index contributed by atoms with van der Waals surface area (Å²) in [5.41, 5.74) is 8.40. The second-order valence-corrected chi connectivity index (χ2v) is 8.32. The van der Waals surface area contributed by atoms with Gasteiger partial charge in [-0.1, -0.05) is 32.0 Å². The Morgan fingerprint density at radius 3 is 2.61 bits per heavy atom. The van der Waals surface area contributed by atoms with Crippen LogP contribution in [0.5, 0.6) is 0 Å². The fourth-order valence-corrected chi connectivity index (χ4v) is 3.85. The summed E-state index contributed by atoms with van der Waals surface area (Å²) in [5.74, 6) is -1.12. The molecule has 0 amide bonds. The first kappa shape index (κ1) is 23.0. The highest BCUT2D eigenvalue weighted by Crippen LogP contribution is 2.28. The molecule has 0 aliphatic carbocycles. The van der Waals surface area contributed by atoms with Gasteiger partial charge in [-0.3, -0.25) is 10.3 Å². The Morgan fingerprint density at radius 1 is 1.19 bits per heavy atom. The second kappa shape index (κ2) is 10.1. The molecule has 31 heavy (non-hydrogen) atoms. The Balaban J connectivity index is 1.77. The van der Waals surface area contributed by atoms with Crippen molar-refractivity contribution in [3.63, 3.8) is 0 Å². The van der Waals surface area contributed by atoms with Gasteiger partial charge in [0.25, 0.3) is 0 Å². The summed E-state index contributed by atoms with van der Waals surface area (Å²) >= 11 is 4.62. The number of rotatable bonds is 6. The van der Waals surface area contributed by atoms with E-state index in [-0.39, 0.29) is 34.1 Å². The van der Waals surface area contributed by atoms with E-state index in [1.165, 1.54) is 12.1 Å². The van der Waals surface area contributed by atoms with Gasteiger partial charge in [0.2, 0.25) is 0 Å². The lowest BCUT2D eigenvalue weighted by Crippen LogP contribution is -2.55. The second-order valence-electron chi connectivity index (χ2n) is 7.88. The van der Waals surface area contributed by atoms with Crippen LogP contribution in [0.15, 0.2) is 41.5 Å². The maximum atomic E-state index is 14.8. The van der Waals surface area contributed by atoms with Crippen LogP contribution in [-0.4, -0.2) is 41.9 Å². The molecule has 1 aliphatic heterocycles. The molecule has 1 fully saturated rings. The predicted octanol–water partition coefficient (Wildman–Crippen LogP) is 3.62. The maximum Gasteiger partial charge on any atom is 0.184 e. The fraction of sp³-hybridized carbons (Fsp3) is 0.364. The molecular formula is C22H26F3N5S. The van der Waals surface area contributed by atoms with Crippen molar-refractivity contribution in [2.24, 2.45) is 16.8 Å². The number of hydrogen-bond acceptors (Lipinski definition) is 4. The van der Waals surface area contributed by atoms with Gasteiger partial charge < -0.3 is 10.6 Å². The van der Waals surface area contributed by atoms with Gasteiger partial charge in [0.05, 0.1) is 11.9 Å². The molecule has 166 valence electrons. The normalized spacial score (nSPS) is 17.5. The molecule has 0 spiro atoms. The van der Waals surface area contributed by atoms with Crippen LogP contribution in [0.3, 0.4) is 0 Å². The van der Waals surface area contributed by atoms with Gasteiger partial charge in [-0.25, -0.2) is 13.2 Å². The summed E-state index contributed by atoms with van der Waals surface area (Å²) in [4.78, 5) is 4.05. The third-order valence-corrected chi connectivity index (χ3v) is 5.51. The van der Waals surface area contributed by atoms with Gasteiger partial charge in [0.15, 0.2) is 5.11 Å². The van der Waals surface area contributed by atoms with Crippen LogP contribution in [0, 0.1) is 23.4 Å². The highest BCUT2D eigenvalue weighted by Gasteiger charge is 2.31. The summed E-state index contributed by atoms with van der Waals surface area (Å²) in [6, 6.07) is 9.07. The number of hydrazone groups is 1. The maximum absolute atomic E-state index is 14.8. The molecule has 1 atom stereocenters. The third-order valence-electron chi connectivity index (χ3n) is 5.42. The molecule has 0 bridgehead atoms. The number of halogens is 3. The van der Waals surface area contributed by atoms with Crippen LogP contribution in [0.2, 0.25) is 0 Å². The molecule has 3 N–H and O–H groups in total. The van der Waals surface area contributed by atoms with Crippen molar-refractivity contribution < 1.29 is 13.2 Å². The molecule has 0 saturated carbocycles. The molecule has 1 aliphatic rings. The minimum atomic E-state index is -0.597. The van der Waals surface area contributed by atoms with Gasteiger partial charge in [0.1, 0.15) is 17.5 Å². The number of nitrogens with one attached hydrogen (secondary N) is 1. The smallest absolute Gasteiger partial charge is 0.184 e. The summed E-state index contributed by atoms with van der Waals surface area (Å²) in [5, 5.41) is 3.61. The van der Waals surface area contributed by atoms with Crippen LogP contribution in [-0.2, 0) is 6.54 Å². The van der Waals surface area contributed by atoms with E-state index in [4.69, 9.17) is 5.73 Å². The lowest BCUT2D eigenvalue weighted by atomic mass is 9.98. The summed E-state index contributed by atoms with van der Waals surface area (Å²) in [7, 11) is 0. The first-order valence-corrected chi connectivity index (χ1v) is 10.5. The van der Waals surface area contributed by atoms with E-state index in [9.17, 15) is 13.2 Å². The van der Waals surface area contributed by atoms with Crippen LogP contribution in [0.4, 0.5) is 18.9 Å². The molecule has 2 aromatic rings. The SMILES string of the molecule is CC(C)[C@H]1CN(c2cc(F)c(/C=N/NC(N)=S)cc2F)CCN1Cc1ccccc1F. The lowest BCUT2D eigenvalue weighted by molar-refractivity contribution is 0.128. The molecule has 0 unspecified atom stereocenters. The molecule has 1 heterocycles. The van der Waals surface area contributed by atoms with Crippen molar-refractivity contribution in [2.75, 3.05) is 24.5 Å². The van der Waals surface area contributed by atoms with Crippen molar-refractivity contribution in [1.82, 2.24) is 10.3 Å². The van der Waals surface area contributed by atoms with Gasteiger partial charge in [-0.15, -0.1) is 0 Å². The first-order chi connectivity index (χ1) is 14.8. The van der Waals surface area contributed by atoms with Gasteiger partial charge in [-0.2, -0.15) is 5.10 Å². The van der Waals surface area contributed by atoms with E-state index in [0.29, 0.717) is 31.7 Å². The predicted molar refractivity (Wildman–Crippen MR) is 122 cm³/mol. The summed E-state index contributed by atoms with van der Waals surface area (Å²) < 4.78 is 43.5. The molecule has 2 aromatic carbocycles. The van der Waals surface area contributed by atoms with Crippen molar-refractivity contribution in [1.29, 1.82) is 0 Å². The van der Waals surface area contributed by atoms with E-state index in [0.717, 1.165) is 12.3 Å². The molecule has 1 saturated heterocycles. The van der Waals surface area contributed by atoms with E-state index in [1.54, 1.807) is 12.1 Å². The Hall–Kier alpha value is -2.65. The molecule has 3 rings (SSSR count). The Kier molecular flexibility index (Phi) is 7.50. The highest BCUT2D eigenvalue weighted by atomic mass is 32.1. The number of nitrogens with zero attached hydrogens (tertiary/aromatic N) is 3. The van der Waals surface area contributed by atoms with Gasteiger partial charge in [0, 0.05) is 49.4 Å². The zero-order chi connectivity index (χ0) is 22.5. The van der Waals surface area contributed by atoms with Crippen LogP contribution < -0.4 is 16.1 Å². The average molecular weight is 450 g/mol. The van der Waals surface area contributed by atoms with Crippen LogP contribution in [0.25, 0.3) is 0 Å². The summed E-state index contributed by atoms with van der Waals surface area (Å²) in [6.07, 6.45) is 1.13. The molecular weight excluding hydrogens is 423 g/mol. The molecule has 0 aromatic heterocycles. The van der Waals surface area contributed by atoms with E-state index >= 15 is 0 Å². The monoisotopic (exact) mass is 449 g/mol. The van der Waals surface area contributed by atoms with E-state index < -0.39 is 11.6 Å².